The number of anilines is 2. The van der Waals surface area contributed by atoms with Crippen LogP contribution in [0.2, 0.25) is 0 Å². The number of amides is 3. The van der Waals surface area contributed by atoms with Gasteiger partial charge in [-0.15, -0.1) is 11.8 Å². The number of aromatic carboxylic acids is 1. The van der Waals surface area contributed by atoms with Gasteiger partial charge < -0.3 is 35.6 Å². The van der Waals surface area contributed by atoms with Gasteiger partial charge in [0.15, 0.2) is 11.5 Å². The van der Waals surface area contributed by atoms with Gasteiger partial charge in [0.05, 0.1) is 19.5 Å². The number of rotatable bonds is 12. The standard InChI is InChI=1S/C34H31N3O8S/c1-20(31(39)36-24-12-15-28(38)26(19-24)34(42)43)46-25-13-10-23(11-14-25)35-33(41)27(37-32(40)22-7-5-4-6-8-22)17-21-9-16-29(44-2)30(18-21)45-3/h4-20,38H,1-3H3,(H,35,41)(H,36,39)(H,37,40)(H,42,43)/b27-17-. The maximum Gasteiger partial charge on any atom is 0.339 e. The Morgan fingerprint density at radius 2 is 1.48 bits per heavy atom. The molecule has 0 bridgehead atoms. The normalized spacial score (nSPS) is 11.6. The summed E-state index contributed by atoms with van der Waals surface area (Å²) in [5.74, 6) is -2.16. The highest BCUT2D eigenvalue weighted by molar-refractivity contribution is 8.00. The van der Waals surface area contributed by atoms with Crippen molar-refractivity contribution in [3.8, 4) is 17.2 Å². The summed E-state index contributed by atoms with van der Waals surface area (Å²) in [7, 11) is 3.01. The maximum absolute atomic E-state index is 13.4. The number of carboxylic acids is 1. The lowest BCUT2D eigenvalue weighted by molar-refractivity contribution is -0.115. The van der Waals surface area contributed by atoms with E-state index in [1.54, 1.807) is 79.7 Å². The molecule has 46 heavy (non-hydrogen) atoms. The van der Waals surface area contributed by atoms with E-state index in [0.717, 1.165) is 4.90 Å². The van der Waals surface area contributed by atoms with Gasteiger partial charge in [-0.3, -0.25) is 14.4 Å². The van der Waals surface area contributed by atoms with Crippen molar-refractivity contribution in [2.45, 2.75) is 17.1 Å². The predicted octanol–water partition coefficient (Wildman–Crippen LogP) is 5.64. The third kappa shape index (κ3) is 8.67. The second kappa shape index (κ2) is 15.3. The van der Waals surface area contributed by atoms with Gasteiger partial charge in [0.2, 0.25) is 5.91 Å². The van der Waals surface area contributed by atoms with E-state index in [0.29, 0.717) is 28.3 Å². The largest absolute Gasteiger partial charge is 0.507 e. The quantitative estimate of drug-likeness (QED) is 0.0749. The third-order valence-electron chi connectivity index (χ3n) is 6.54. The molecule has 0 saturated carbocycles. The Labute approximate surface area is 269 Å². The number of carbonyl (C=O) groups is 4. The zero-order chi connectivity index (χ0) is 33.2. The molecule has 1 atom stereocenters. The molecule has 5 N–H and O–H groups in total. The van der Waals surface area contributed by atoms with E-state index in [1.807, 2.05) is 0 Å². The first-order valence-corrected chi connectivity index (χ1v) is 14.7. The van der Waals surface area contributed by atoms with Crippen molar-refractivity contribution in [3.63, 3.8) is 0 Å². The second-order valence-electron chi connectivity index (χ2n) is 9.76. The van der Waals surface area contributed by atoms with Gasteiger partial charge in [-0.2, -0.15) is 0 Å². The molecule has 0 aliphatic rings. The van der Waals surface area contributed by atoms with Gasteiger partial charge in [0, 0.05) is 21.8 Å². The lowest BCUT2D eigenvalue weighted by atomic mass is 10.1. The average molecular weight is 642 g/mol. The van der Waals surface area contributed by atoms with Crippen LogP contribution in [0.15, 0.2) is 102 Å². The molecule has 1 unspecified atom stereocenters. The van der Waals surface area contributed by atoms with Crippen molar-refractivity contribution < 1.29 is 38.9 Å². The maximum atomic E-state index is 13.4. The lowest BCUT2D eigenvalue weighted by Crippen LogP contribution is -2.30. The molecule has 11 nitrogen and oxygen atoms in total. The summed E-state index contributed by atoms with van der Waals surface area (Å²) >= 11 is 1.25. The molecule has 0 saturated heterocycles. The Hall–Kier alpha value is -5.75. The molecule has 0 aliphatic heterocycles. The highest BCUT2D eigenvalue weighted by Gasteiger charge is 2.18. The van der Waals surface area contributed by atoms with Crippen LogP contribution in [0.1, 0.15) is 33.2 Å². The van der Waals surface area contributed by atoms with Crippen LogP contribution in [-0.4, -0.2) is 53.4 Å². The lowest BCUT2D eigenvalue weighted by Gasteiger charge is -2.14. The monoisotopic (exact) mass is 641 g/mol. The number of carboxylic acid groups (broad SMARTS) is 1. The van der Waals surface area contributed by atoms with Crippen LogP contribution in [0.3, 0.4) is 0 Å². The number of ether oxygens (including phenoxy) is 2. The molecule has 0 aliphatic carbocycles. The molecule has 0 fully saturated rings. The minimum atomic E-state index is -1.31. The first-order chi connectivity index (χ1) is 22.1. The minimum absolute atomic E-state index is 0.00916. The topological polar surface area (TPSA) is 163 Å². The number of thioether (sulfide) groups is 1. The molecule has 4 aromatic rings. The Balaban J connectivity index is 1.46. The number of hydrogen-bond donors (Lipinski definition) is 5. The average Bonchev–Trinajstić information content (AvgIpc) is 3.06. The van der Waals surface area contributed by atoms with E-state index >= 15 is 0 Å². The van der Waals surface area contributed by atoms with Gasteiger partial charge in [-0.25, -0.2) is 4.79 Å². The summed E-state index contributed by atoms with van der Waals surface area (Å²) in [5, 5.41) is 26.4. The Morgan fingerprint density at radius 1 is 0.804 bits per heavy atom. The van der Waals surface area contributed by atoms with Crippen LogP contribution in [0.4, 0.5) is 11.4 Å². The Kier molecular flexibility index (Phi) is 11.0. The van der Waals surface area contributed by atoms with Gasteiger partial charge in [0.1, 0.15) is 17.0 Å². The van der Waals surface area contributed by atoms with Crippen molar-refractivity contribution in [3.05, 3.63) is 113 Å². The zero-order valence-electron chi connectivity index (χ0n) is 25.1. The SMILES string of the molecule is COc1ccc(/C=C(\NC(=O)c2ccccc2)C(=O)Nc2ccc(SC(C)C(=O)Nc3ccc(O)c(C(=O)O)c3)cc2)cc1OC. The fourth-order valence-corrected chi connectivity index (χ4v) is 5.02. The molecule has 3 amide bonds. The van der Waals surface area contributed by atoms with Crippen LogP contribution in [-0.2, 0) is 9.59 Å². The minimum Gasteiger partial charge on any atom is -0.507 e. The van der Waals surface area contributed by atoms with Gasteiger partial charge >= 0.3 is 5.97 Å². The van der Waals surface area contributed by atoms with E-state index in [4.69, 9.17) is 9.47 Å². The van der Waals surface area contributed by atoms with E-state index in [2.05, 4.69) is 16.0 Å². The van der Waals surface area contributed by atoms with Gasteiger partial charge in [-0.05, 0) is 85.3 Å². The zero-order valence-corrected chi connectivity index (χ0v) is 25.9. The molecular weight excluding hydrogens is 610 g/mol. The Morgan fingerprint density at radius 3 is 2.13 bits per heavy atom. The number of methoxy groups -OCH3 is 2. The van der Waals surface area contributed by atoms with Crippen LogP contribution in [0, 0.1) is 0 Å². The summed E-state index contributed by atoms with van der Waals surface area (Å²) in [6.45, 7) is 1.69. The molecular formula is C34H31N3O8S. The second-order valence-corrected chi connectivity index (χ2v) is 11.2. The van der Waals surface area contributed by atoms with Gasteiger partial charge in [0.25, 0.3) is 11.8 Å². The smallest absolute Gasteiger partial charge is 0.339 e. The highest BCUT2D eigenvalue weighted by atomic mass is 32.2. The fraction of sp³-hybridized carbons (Fsp3) is 0.118. The molecule has 4 rings (SSSR count). The molecule has 0 spiro atoms. The molecule has 236 valence electrons. The van der Waals surface area contributed by atoms with Crippen LogP contribution in [0.25, 0.3) is 6.08 Å². The van der Waals surface area contributed by atoms with Crippen LogP contribution in [0.5, 0.6) is 17.2 Å². The van der Waals surface area contributed by atoms with Crippen molar-refractivity contribution in [1.82, 2.24) is 5.32 Å². The first kappa shape index (κ1) is 33.1. The molecule has 0 radical (unpaired) electrons. The van der Waals surface area contributed by atoms with E-state index in [-0.39, 0.29) is 22.9 Å². The number of hydrogen-bond acceptors (Lipinski definition) is 8. The summed E-state index contributed by atoms with van der Waals surface area (Å²) in [6, 6.07) is 24.2. The summed E-state index contributed by atoms with van der Waals surface area (Å²) in [5.41, 5.74) is 1.32. The Bertz CT molecular complexity index is 1780. The van der Waals surface area contributed by atoms with Crippen molar-refractivity contribution in [2.75, 3.05) is 24.9 Å². The molecule has 12 heteroatoms. The molecule has 0 aromatic heterocycles. The predicted molar refractivity (Wildman–Crippen MR) is 176 cm³/mol. The van der Waals surface area contributed by atoms with Crippen molar-refractivity contribution >= 4 is 52.9 Å². The van der Waals surface area contributed by atoms with Crippen molar-refractivity contribution in [2.24, 2.45) is 0 Å². The van der Waals surface area contributed by atoms with E-state index in [9.17, 15) is 29.4 Å². The van der Waals surface area contributed by atoms with Crippen LogP contribution < -0.4 is 25.4 Å². The van der Waals surface area contributed by atoms with E-state index in [1.165, 1.54) is 50.3 Å². The summed E-state index contributed by atoms with van der Waals surface area (Å²) in [6.07, 6.45) is 1.52. The number of phenols is 1. The number of benzene rings is 4. The number of carbonyl (C=O) groups excluding carboxylic acids is 3. The molecule has 4 aromatic carbocycles. The fourth-order valence-electron chi connectivity index (χ4n) is 4.15. The van der Waals surface area contributed by atoms with Crippen molar-refractivity contribution in [1.29, 1.82) is 0 Å². The number of aromatic hydroxyl groups is 1. The van der Waals surface area contributed by atoms with E-state index < -0.39 is 28.8 Å². The highest BCUT2D eigenvalue weighted by Crippen LogP contribution is 2.29. The van der Waals surface area contributed by atoms with Crippen LogP contribution >= 0.6 is 11.8 Å². The first-order valence-electron chi connectivity index (χ1n) is 13.8. The van der Waals surface area contributed by atoms with Gasteiger partial charge in [-0.1, -0.05) is 24.3 Å². The summed E-state index contributed by atoms with van der Waals surface area (Å²) in [4.78, 5) is 51.1. The third-order valence-corrected chi connectivity index (χ3v) is 7.65. The summed E-state index contributed by atoms with van der Waals surface area (Å²) < 4.78 is 10.7. The molecule has 0 heterocycles. The number of nitrogens with one attached hydrogen (secondary N) is 3.